The Kier molecular flexibility index (Phi) is 5.79. The van der Waals surface area contributed by atoms with Crippen LogP contribution in [0.4, 0.5) is 0 Å². The first kappa shape index (κ1) is 20.0. The number of piperidine rings is 1. The lowest BCUT2D eigenvalue weighted by Crippen LogP contribution is -2.60. The van der Waals surface area contributed by atoms with Gasteiger partial charge in [0.15, 0.2) is 5.69 Å². The normalized spacial score (nSPS) is 27.6. The Bertz CT molecular complexity index is 874. The molecular weight excluding hydrogens is 376 g/mol. The van der Waals surface area contributed by atoms with Crippen molar-refractivity contribution in [2.75, 3.05) is 19.8 Å². The van der Waals surface area contributed by atoms with Gasteiger partial charge in [0.25, 0.3) is 5.91 Å². The smallest absolute Gasteiger partial charge is 0.272 e. The van der Waals surface area contributed by atoms with Crippen molar-refractivity contribution in [1.82, 2.24) is 20.0 Å². The van der Waals surface area contributed by atoms with Gasteiger partial charge in [0, 0.05) is 23.5 Å². The lowest BCUT2D eigenvalue weighted by Gasteiger charge is -2.48. The number of carbonyl (C=O) groups excluding carboxylic acids is 1. The molecule has 3 fully saturated rings. The molecule has 1 saturated carbocycles. The van der Waals surface area contributed by atoms with Gasteiger partial charge in [-0.2, -0.15) is 5.10 Å². The number of aromatic nitrogens is 2. The van der Waals surface area contributed by atoms with Crippen LogP contribution >= 0.6 is 0 Å². The molecule has 3 heterocycles. The van der Waals surface area contributed by atoms with Crippen LogP contribution in [0, 0.1) is 0 Å². The van der Waals surface area contributed by atoms with E-state index in [1.807, 2.05) is 18.2 Å². The number of benzene rings is 1. The largest absolute Gasteiger partial charge is 0.378 e. The first-order valence-electron chi connectivity index (χ1n) is 11.9. The molecule has 1 N–H and O–H groups in total. The molecule has 30 heavy (non-hydrogen) atoms. The Balaban J connectivity index is 1.33. The number of amides is 1. The number of rotatable bonds is 6. The van der Waals surface area contributed by atoms with Gasteiger partial charge in [-0.25, -0.2) is 0 Å². The molecule has 2 aliphatic heterocycles. The van der Waals surface area contributed by atoms with Crippen molar-refractivity contribution in [3.63, 3.8) is 0 Å². The van der Waals surface area contributed by atoms with E-state index in [4.69, 9.17) is 9.84 Å². The van der Waals surface area contributed by atoms with Crippen LogP contribution in [0.1, 0.15) is 74.8 Å². The maximum atomic E-state index is 13.3. The Labute approximate surface area is 178 Å². The van der Waals surface area contributed by atoms with Crippen LogP contribution in [0.2, 0.25) is 0 Å². The number of nitrogens with one attached hydrogen (secondary N) is 1. The Morgan fingerprint density at radius 2 is 1.87 bits per heavy atom. The van der Waals surface area contributed by atoms with Crippen LogP contribution in [0.5, 0.6) is 0 Å². The third-order valence-electron chi connectivity index (χ3n) is 7.28. The van der Waals surface area contributed by atoms with Crippen molar-refractivity contribution in [3.8, 4) is 0 Å². The highest BCUT2D eigenvalue weighted by molar-refractivity contribution is 6.05. The van der Waals surface area contributed by atoms with Gasteiger partial charge in [-0.05, 0) is 44.7 Å². The van der Waals surface area contributed by atoms with Crippen LogP contribution in [0.15, 0.2) is 24.3 Å². The van der Waals surface area contributed by atoms with Crippen LogP contribution in [-0.4, -0.2) is 58.5 Å². The first-order chi connectivity index (χ1) is 14.7. The second-order valence-electron chi connectivity index (χ2n) is 9.33. The fourth-order valence-corrected chi connectivity index (χ4v) is 5.75. The molecule has 1 aromatic heterocycles. The SMILES string of the molecule is CCCCN1C2COCC1CC(NC(=O)c1nn(C3CCCC3)c3ccccc13)C2. The van der Waals surface area contributed by atoms with E-state index >= 15 is 0 Å². The predicted octanol–water partition coefficient (Wildman–Crippen LogP) is 3.91. The summed E-state index contributed by atoms with van der Waals surface area (Å²) in [6.45, 7) is 4.96. The summed E-state index contributed by atoms with van der Waals surface area (Å²) in [5.41, 5.74) is 1.68. The average molecular weight is 411 g/mol. The fraction of sp³-hybridized carbons (Fsp3) is 0.667. The second-order valence-corrected chi connectivity index (χ2v) is 9.33. The van der Waals surface area contributed by atoms with Gasteiger partial charge < -0.3 is 10.1 Å². The highest BCUT2D eigenvalue weighted by Crippen LogP contribution is 2.33. The minimum Gasteiger partial charge on any atom is -0.378 e. The molecule has 3 aliphatic rings. The molecule has 5 rings (SSSR count). The summed E-state index contributed by atoms with van der Waals surface area (Å²) in [5.74, 6) is -0.0195. The zero-order valence-electron chi connectivity index (χ0n) is 18.1. The van der Waals surface area contributed by atoms with Crippen molar-refractivity contribution < 1.29 is 9.53 Å². The van der Waals surface area contributed by atoms with Gasteiger partial charge in [-0.15, -0.1) is 0 Å². The van der Waals surface area contributed by atoms with E-state index in [1.165, 1.54) is 25.7 Å². The van der Waals surface area contributed by atoms with Crippen LogP contribution in [-0.2, 0) is 4.74 Å². The summed E-state index contributed by atoms with van der Waals surface area (Å²) >= 11 is 0. The topological polar surface area (TPSA) is 59.4 Å². The third-order valence-corrected chi connectivity index (χ3v) is 7.28. The number of unbranched alkanes of at least 4 members (excludes halogenated alkanes) is 1. The number of hydrogen-bond acceptors (Lipinski definition) is 4. The monoisotopic (exact) mass is 410 g/mol. The molecule has 2 atom stereocenters. The van der Waals surface area contributed by atoms with E-state index < -0.39 is 0 Å². The molecule has 1 amide bonds. The first-order valence-corrected chi connectivity index (χ1v) is 11.9. The maximum absolute atomic E-state index is 13.3. The summed E-state index contributed by atoms with van der Waals surface area (Å²) in [6.07, 6.45) is 9.20. The van der Waals surface area contributed by atoms with E-state index in [2.05, 4.69) is 27.9 Å². The van der Waals surface area contributed by atoms with E-state index in [1.54, 1.807) is 0 Å². The van der Waals surface area contributed by atoms with E-state index in [-0.39, 0.29) is 11.9 Å². The van der Waals surface area contributed by atoms with Crippen LogP contribution in [0.25, 0.3) is 10.9 Å². The lowest BCUT2D eigenvalue weighted by atomic mass is 9.89. The Morgan fingerprint density at radius 3 is 2.60 bits per heavy atom. The quantitative estimate of drug-likeness (QED) is 0.784. The zero-order valence-corrected chi connectivity index (χ0v) is 18.1. The summed E-state index contributed by atoms with van der Waals surface area (Å²) in [6, 6.07) is 9.66. The van der Waals surface area contributed by atoms with Gasteiger partial charge >= 0.3 is 0 Å². The van der Waals surface area contributed by atoms with E-state index in [9.17, 15) is 4.79 Å². The molecule has 1 aliphatic carbocycles. The van der Waals surface area contributed by atoms with Crippen molar-refractivity contribution in [2.24, 2.45) is 0 Å². The van der Waals surface area contributed by atoms with Gasteiger partial charge in [0.1, 0.15) is 0 Å². The molecule has 0 radical (unpaired) electrons. The summed E-state index contributed by atoms with van der Waals surface area (Å²) in [5, 5.41) is 9.15. The van der Waals surface area contributed by atoms with Gasteiger partial charge in [0.05, 0.1) is 24.8 Å². The Morgan fingerprint density at radius 1 is 1.13 bits per heavy atom. The van der Waals surface area contributed by atoms with Gasteiger partial charge in [0.2, 0.25) is 0 Å². The Hall–Kier alpha value is -1.92. The highest BCUT2D eigenvalue weighted by atomic mass is 16.5. The highest BCUT2D eigenvalue weighted by Gasteiger charge is 2.39. The molecule has 162 valence electrons. The van der Waals surface area contributed by atoms with Crippen molar-refractivity contribution in [3.05, 3.63) is 30.0 Å². The number of morpholine rings is 1. The fourth-order valence-electron chi connectivity index (χ4n) is 5.75. The average Bonchev–Trinajstić information content (AvgIpc) is 3.40. The molecule has 2 aromatic rings. The molecule has 1 aromatic carbocycles. The van der Waals surface area contributed by atoms with Crippen LogP contribution in [0.3, 0.4) is 0 Å². The minimum atomic E-state index is -0.0195. The number of carbonyl (C=O) groups is 1. The number of para-hydroxylation sites is 1. The predicted molar refractivity (Wildman–Crippen MR) is 118 cm³/mol. The zero-order chi connectivity index (χ0) is 20.5. The maximum Gasteiger partial charge on any atom is 0.272 e. The van der Waals surface area contributed by atoms with Crippen molar-refractivity contribution in [1.29, 1.82) is 0 Å². The van der Waals surface area contributed by atoms with E-state index in [0.29, 0.717) is 23.8 Å². The molecular formula is C24H34N4O2. The van der Waals surface area contributed by atoms with Gasteiger partial charge in [-0.1, -0.05) is 44.4 Å². The third kappa shape index (κ3) is 3.76. The van der Waals surface area contributed by atoms with E-state index in [0.717, 1.165) is 56.3 Å². The number of hydrogen-bond donors (Lipinski definition) is 1. The molecule has 6 heteroatoms. The van der Waals surface area contributed by atoms with Crippen molar-refractivity contribution in [2.45, 2.75) is 82.5 Å². The van der Waals surface area contributed by atoms with Gasteiger partial charge in [-0.3, -0.25) is 14.4 Å². The number of fused-ring (bicyclic) bond motifs is 3. The molecule has 2 bridgehead atoms. The number of nitrogens with zero attached hydrogens (tertiary/aromatic N) is 3. The number of ether oxygens (including phenoxy) is 1. The lowest BCUT2D eigenvalue weighted by molar-refractivity contribution is -0.0802. The molecule has 6 nitrogen and oxygen atoms in total. The minimum absolute atomic E-state index is 0.0195. The summed E-state index contributed by atoms with van der Waals surface area (Å²) in [7, 11) is 0. The molecule has 2 unspecified atom stereocenters. The molecule has 2 saturated heterocycles. The summed E-state index contributed by atoms with van der Waals surface area (Å²) in [4.78, 5) is 15.9. The standard InChI is InChI=1S/C24H34N4O2/c1-2-3-12-27-19-13-17(14-20(27)16-30-15-19)25-24(29)23-21-10-6-7-11-22(21)28(26-23)18-8-4-5-9-18/h6-7,10-11,17-20H,2-5,8-9,12-16H2,1H3,(H,25,29). The van der Waals surface area contributed by atoms with Crippen molar-refractivity contribution >= 4 is 16.8 Å². The van der Waals surface area contributed by atoms with Crippen LogP contribution < -0.4 is 5.32 Å². The summed E-state index contributed by atoms with van der Waals surface area (Å²) < 4.78 is 7.95. The molecule has 0 spiro atoms. The second kappa shape index (κ2) is 8.67.